The molecular weight excluding hydrogens is 308 g/mol. The van der Waals surface area contributed by atoms with Gasteiger partial charge in [-0.2, -0.15) is 0 Å². The highest BCUT2D eigenvalue weighted by Crippen LogP contribution is 2.22. The fourth-order valence-corrected chi connectivity index (χ4v) is 2.13. The zero-order valence-corrected chi connectivity index (χ0v) is 13.5. The molecule has 0 aliphatic rings. The van der Waals surface area contributed by atoms with Gasteiger partial charge in [-0.15, -0.1) is 0 Å². The van der Waals surface area contributed by atoms with Crippen molar-refractivity contribution >= 4 is 21.8 Å². The lowest BCUT2D eigenvalue weighted by atomic mass is 10.2. The molecule has 1 aromatic carbocycles. The average Bonchev–Trinajstić information content (AvgIpc) is 2.43. The van der Waals surface area contributed by atoms with Crippen LogP contribution in [0.5, 0.6) is 5.75 Å². The Morgan fingerprint density at radius 2 is 2.21 bits per heavy atom. The Balaban J connectivity index is 2.66. The van der Waals surface area contributed by atoms with E-state index in [-0.39, 0.29) is 11.9 Å². The number of rotatable bonds is 6. The number of methoxy groups -OCH3 is 1. The van der Waals surface area contributed by atoms with Crippen molar-refractivity contribution in [3.8, 4) is 5.75 Å². The van der Waals surface area contributed by atoms with Crippen LogP contribution in [0.2, 0.25) is 0 Å². The molecule has 0 aliphatic carbocycles. The molecule has 0 aromatic heterocycles. The maximum Gasteiger partial charge on any atom is 0.239 e. The standard InChI is InChI=1S/C14H21BrN2O2/c1-5-17(3)14(18)10(2)16-9-11-8-12(15)6-7-13(11)19-4/h6-8,10,16H,5,9H2,1-4H3. The van der Waals surface area contributed by atoms with Gasteiger partial charge in [0.1, 0.15) is 5.75 Å². The van der Waals surface area contributed by atoms with Crippen LogP contribution in [0.25, 0.3) is 0 Å². The first-order valence-electron chi connectivity index (χ1n) is 6.30. The van der Waals surface area contributed by atoms with E-state index in [1.165, 1.54) is 0 Å². The Morgan fingerprint density at radius 3 is 2.79 bits per heavy atom. The van der Waals surface area contributed by atoms with Crippen molar-refractivity contribution in [3.63, 3.8) is 0 Å². The molecule has 0 saturated carbocycles. The second kappa shape index (κ2) is 7.50. The van der Waals surface area contributed by atoms with Crippen molar-refractivity contribution in [2.24, 2.45) is 0 Å². The van der Waals surface area contributed by atoms with Gasteiger partial charge >= 0.3 is 0 Å². The van der Waals surface area contributed by atoms with E-state index in [1.807, 2.05) is 32.0 Å². The molecule has 0 fully saturated rings. The third kappa shape index (κ3) is 4.51. The van der Waals surface area contributed by atoms with Crippen LogP contribution in [-0.2, 0) is 11.3 Å². The quantitative estimate of drug-likeness (QED) is 0.871. The van der Waals surface area contributed by atoms with Crippen LogP contribution in [0.4, 0.5) is 0 Å². The van der Waals surface area contributed by atoms with Crippen LogP contribution in [0, 0.1) is 0 Å². The van der Waals surface area contributed by atoms with Gasteiger partial charge in [0, 0.05) is 30.2 Å². The predicted molar refractivity (Wildman–Crippen MR) is 80.3 cm³/mol. The minimum absolute atomic E-state index is 0.0939. The molecule has 1 aromatic rings. The Morgan fingerprint density at radius 1 is 1.53 bits per heavy atom. The SMILES string of the molecule is CCN(C)C(=O)C(C)NCc1cc(Br)ccc1OC. The summed E-state index contributed by atoms with van der Waals surface area (Å²) >= 11 is 3.44. The number of likely N-dealkylation sites (N-methyl/N-ethyl adjacent to an activating group) is 1. The molecule has 0 aliphatic heterocycles. The van der Waals surface area contributed by atoms with E-state index in [0.29, 0.717) is 13.1 Å². The first-order valence-corrected chi connectivity index (χ1v) is 7.09. The van der Waals surface area contributed by atoms with E-state index in [0.717, 1.165) is 15.8 Å². The first kappa shape index (κ1) is 16.0. The number of halogens is 1. The summed E-state index contributed by atoms with van der Waals surface area (Å²) in [4.78, 5) is 13.6. The van der Waals surface area contributed by atoms with Gasteiger partial charge in [-0.05, 0) is 32.0 Å². The number of benzene rings is 1. The Kier molecular flexibility index (Phi) is 6.31. The molecule has 0 saturated heterocycles. The highest BCUT2D eigenvalue weighted by Gasteiger charge is 2.16. The highest BCUT2D eigenvalue weighted by atomic mass is 79.9. The molecule has 1 amide bonds. The van der Waals surface area contributed by atoms with E-state index < -0.39 is 0 Å². The molecule has 0 bridgehead atoms. The van der Waals surface area contributed by atoms with Crippen molar-refractivity contribution < 1.29 is 9.53 Å². The second-order valence-corrected chi connectivity index (χ2v) is 5.33. The number of carbonyl (C=O) groups excluding carboxylic acids is 1. The van der Waals surface area contributed by atoms with Gasteiger partial charge in [0.25, 0.3) is 0 Å². The number of nitrogens with zero attached hydrogens (tertiary/aromatic N) is 1. The summed E-state index contributed by atoms with van der Waals surface area (Å²) < 4.78 is 6.30. The first-order chi connectivity index (χ1) is 8.99. The van der Waals surface area contributed by atoms with E-state index >= 15 is 0 Å². The Bertz CT molecular complexity index is 437. The third-order valence-electron chi connectivity index (χ3n) is 3.06. The molecule has 0 radical (unpaired) electrons. The molecule has 0 spiro atoms. The zero-order chi connectivity index (χ0) is 14.4. The lowest BCUT2D eigenvalue weighted by Gasteiger charge is -2.21. The molecule has 106 valence electrons. The molecule has 1 N–H and O–H groups in total. The van der Waals surface area contributed by atoms with E-state index in [1.54, 1.807) is 19.1 Å². The van der Waals surface area contributed by atoms with E-state index in [9.17, 15) is 4.79 Å². The fraction of sp³-hybridized carbons (Fsp3) is 0.500. The lowest BCUT2D eigenvalue weighted by Crippen LogP contribution is -2.42. The van der Waals surface area contributed by atoms with Crippen molar-refractivity contribution in [1.82, 2.24) is 10.2 Å². The summed E-state index contributed by atoms with van der Waals surface area (Å²) in [6.07, 6.45) is 0. The van der Waals surface area contributed by atoms with Crippen molar-refractivity contribution in [1.29, 1.82) is 0 Å². The van der Waals surface area contributed by atoms with Gasteiger partial charge in [-0.1, -0.05) is 15.9 Å². The minimum atomic E-state index is -0.214. The molecule has 1 unspecified atom stereocenters. The fourth-order valence-electron chi connectivity index (χ4n) is 1.72. The van der Waals surface area contributed by atoms with Crippen LogP contribution in [0.15, 0.2) is 22.7 Å². The molecule has 1 rings (SSSR count). The summed E-state index contributed by atoms with van der Waals surface area (Å²) in [6.45, 7) is 5.14. The maximum atomic E-state index is 11.9. The molecule has 19 heavy (non-hydrogen) atoms. The number of nitrogens with one attached hydrogen (secondary N) is 1. The highest BCUT2D eigenvalue weighted by molar-refractivity contribution is 9.10. The molecule has 5 heteroatoms. The Labute approximate surface area is 123 Å². The monoisotopic (exact) mass is 328 g/mol. The summed E-state index contributed by atoms with van der Waals surface area (Å²) in [5.74, 6) is 0.913. The van der Waals surface area contributed by atoms with Crippen molar-refractivity contribution in [3.05, 3.63) is 28.2 Å². The van der Waals surface area contributed by atoms with E-state index in [2.05, 4.69) is 21.2 Å². The normalized spacial score (nSPS) is 12.1. The van der Waals surface area contributed by atoms with Gasteiger partial charge in [0.05, 0.1) is 13.2 Å². The topological polar surface area (TPSA) is 41.6 Å². The van der Waals surface area contributed by atoms with Crippen LogP contribution in [0.3, 0.4) is 0 Å². The summed E-state index contributed by atoms with van der Waals surface area (Å²) in [6, 6.07) is 5.62. The second-order valence-electron chi connectivity index (χ2n) is 4.41. The van der Waals surface area contributed by atoms with Gasteiger partial charge < -0.3 is 15.0 Å². The summed E-state index contributed by atoms with van der Waals surface area (Å²) in [7, 11) is 3.45. The average molecular weight is 329 g/mol. The van der Waals surface area contributed by atoms with Crippen molar-refractivity contribution in [2.75, 3.05) is 20.7 Å². The Hall–Kier alpha value is -1.07. The smallest absolute Gasteiger partial charge is 0.239 e. The third-order valence-corrected chi connectivity index (χ3v) is 3.56. The largest absolute Gasteiger partial charge is 0.496 e. The number of hydrogen-bond acceptors (Lipinski definition) is 3. The van der Waals surface area contributed by atoms with Gasteiger partial charge in [0.2, 0.25) is 5.91 Å². The van der Waals surface area contributed by atoms with Gasteiger partial charge in [-0.25, -0.2) is 0 Å². The minimum Gasteiger partial charge on any atom is -0.496 e. The number of amides is 1. The summed E-state index contributed by atoms with van der Waals surface area (Å²) in [5, 5.41) is 3.22. The number of carbonyl (C=O) groups is 1. The predicted octanol–water partition coefficient (Wildman–Crippen LogP) is 2.41. The van der Waals surface area contributed by atoms with Crippen LogP contribution < -0.4 is 10.1 Å². The van der Waals surface area contributed by atoms with Crippen molar-refractivity contribution in [2.45, 2.75) is 26.4 Å². The van der Waals surface area contributed by atoms with Crippen LogP contribution >= 0.6 is 15.9 Å². The van der Waals surface area contributed by atoms with Gasteiger partial charge in [-0.3, -0.25) is 4.79 Å². The number of ether oxygens (including phenoxy) is 1. The molecule has 4 nitrogen and oxygen atoms in total. The zero-order valence-electron chi connectivity index (χ0n) is 11.9. The molecule has 1 atom stereocenters. The van der Waals surface area contributed by atoms with Crippen LogP contribution in [0.1, 0.15) is 19.4 Å². The summed E-state index contributed by atoms with van der Waals surface area (Å²) in [5.41, 5.74) is 1.02. The van der Waals surface area contributed by atoms with E-state index in [4.69, 9.17) is 4.74 Å². The number of hydrogen-bond donors (Lipinski definition) is 1. The van der Waals surface area contributed by atoms with Crippen LogP contribution in [-0.4, -0.2) is 37.6 Å². The lowest BCUT2D eigenvalue weighted by molar-refractivity contribution is -0.131. The van der Waals surface area contributed by atoms with Gasteiger partial charge in [0.15, 0.2) is 0 Å². The maximum absolute atomic E-state index is 11.9. The molecular formula is C14H21BrN2O2. The molecule has 0 heterocycles.